The summed E-state index contributed by atoms with van der Waals surface area (Å²) >= 11 is 0. The number of hydrogen-bond acceptors (Lipinski definition) is 3. The highest BCUT2D eigenvalue weighted by atomic mass is 19.4. The second-order valence-electron chi connectivity index (χ2n) is 2.94. The molecule has 0 saturated heterocycles. The van der Waals surface area contributed by atoms with Crippen molar-refractivity contribution >= 4 is 0 Å². The lowest BCUT2D eigenvalue weighted by Gasteiger charge is -2.07. The predicted octanol–water partition coefficient (Wildman–Crippen LogP) is 0.954. The van der Waals surface area contributed by atoms with Crippen LogP contribution in [0.5, 0.6) is 0 Å². The van der Waals surface area contributed by atoms with E-state index in [1.54, 1.807) is 6.20 Å². The van der Waals surface area contributed by atoms with E-state index in [-0.39, 0.29) is 19.8 Å². The molecule has 1 rings (SSSR count). The van der Waals surface area contributed by atoms with Crippen molar-refractivity contribution in [2.45, 2.75) is 19.3 Å². The molecule has 0 saturated carbocycles. The minimum Gasteiger partial charge on any atom is -0.392 e. The fourth-order valence-corrected chi connectivity index (χ4v) is 0.956. The number of alkyl halides is 3. The highest BCUT2D eigenvalue weighted by Crippen LogP contribution is 2.14. The number of ether oxygens (including phenoxy) is 1. The molecule has 0 unspecified atom stereocenters. The van der Waals surface area contributed by atoms with Crippen molar-refractivity contribution in [3.8, 4) is 0 Å². The first-order valence-corrected chi connectivity index (χ1v) is 4.28. The van der Waals surface area contributed by atoms with Gasteiger partial charge in [-0.05, 0) is 0 Å². The molecule has 0 aliphatic carbocycles. The third kappa shape index (κ3) is 4.80. The predicted molar refractivity (Wildman–Crippen MR) is 45.0 cm³/mol. The van der Waals surface area contributed by atoms with Crippen molar-refractivity contribution in [2.75, 3.05) is 13.2 Å². The molecule has 1 heterocycles. The number of aliphatic hydroxyl groups is 1. The Morgan fingerprint density at radius 3 is 2.73 bits per heavy atom. The summed E-state index contributed by atoms with van der Waals surface area (Å²) in [6, 6.07) is 0. The van der Waals surface area contributed by atoms with Gasteiger partial charge in [-0.2, -0.15) is 18.3 Å². The Balaban J connectivity index is 2.20. The van der Waals surface area contributed by atoms with Crippen LogP contribution in [0.4, 0.5) is 13.2 Å². The maximum atomic E-state index is 11.7. The minimum atomic E-state index is -4.29. The summed E-state index contributed by atoms with van der Waals surface area (Å²) in [5.74, 6) is 0. The summed E-state index contributed by atoms with van der Waals surface area (Å²) in [6.07, 6.45) is -1.29. The number of aliphatic hydroxyl groups excluding tert-OH is 1. The van der Waals surface area contributed by atoms with Gasteiger partial charge < -0.3 is 9.84 Å². The highest BCUT2D eigenvalue weighted by molar-refractivity contribution is 5.01. The SMILES string of the molecule is OCc1cnn(CCOCC(F)(F)F)c1. The van der Waals surface area contributed by atoms with Crippen LogP contribution in [-0.2, 0) is 17.9 Å². The Morgan fingerprint density at radius 1 is 1.47 bits per heavy atom. The topological polar surface area (TPSA) is 47.3 Å². The van der Waals surface area contributed by atoms with Gasteiger partial charge in [0.2, 0.25) is 0 Å². The van der Waals surface area contributed by atoms with Gasteiger partial charge in [-0.3, -0.25) is 4.68 Å². The van der Waals surface area contributed by atoms with Gasteiger partial charge in [-0.15, -0.1) is 0 Å². The molecule has 0 atom stereocenters. The van der Waals surface area contributed by atoms with Gasteiger partial charge in [-0.25, -0.2) is 0 Å². The van der Waals surface area contributed by atoms with Crippen LogP contribution >= 0.6 is 0 Å². The van der Waals surface area contributed by atoms with Gasteiger partial charge in [0.05, 0.1) is 26.0 Å². The minimum absolute atomic E-state index is 0.0634. The Kier molecular flexibility index (Phi) is 4.10. The molecule has 0 bridgehead atoms. The van der Waals surface area contributed by atoms with E-state index < -0.39 is 12.8 Å². The lowest BCUT2D eigenvalue weighted by Crippen LogP contribution is -2.19. The maximum absolute atomic E-state index is 11.7. The quantitative estimate of drug-likeness (QED) is 0.757. The van der Waals surface area contributed by atoms with E-state index in [1.807, 2.05) is 0 Å². The molecule has 0 amide bonds. The number of aromatic nitrogens is 2. The molecule has 0 fully saturated rings. The van der Waals surface area contributed by atoms with E-state index >= 15 is 0 Å². The number of hydrogen-bond donors (Lipinski definition) is 1. The number of rotatable bonds is 5. The lowest BCUT2D eigenvalue weighted by atomic mass is 10.4. The Morgan fingerprint density at radius 2 is 2.20 bits per heavy atom. The third-order valence-electron chi connectivity index (χ3n) is 1.60. The summed E-state index contributed by atoms with van der Waals surface area (Å²) in [4.78, 5) is 0. The number of nitrogens with zero attached hydrogens (tertiary/aromatic N) is 2. The zero-order valence-electron chi connectivity index (χ0n) is 7.87. The van der Waals surface area contributed by atoms with Crippen molar-refractivity contribution in [2.24, 2.45) is 0 Å². The average molecular weight is 224 g/mol. The second kappa shape index (κ2) is 5.13. The molecular formula is C8H11F3N2O2. The van der Waals surface area contributed by atoms with Crippen LogP contribution < -0.4 is 0 Å². The second-order valence-corrected chi connectivity index (χ2v) is 2.94. The normalized spacial score (nSPS) is 12.0. The standard InChI is InChI=1S/C8H11F3N2O2/c9-8(10,11)6-15-2-1-13-4-7(5-14)3-12-13/h3-4,14H,1-2,5-6H2. The molecule has 4 nitrogen and oxygen atoms in total. The Bertz CT molecular complexity index is 298. The third-order valence-corrected chi connectivity index (χ3v) is 1.60. The highest BCUT2D eigenvalue weighted by Gasteiger charge is 2.27. The van der Waals surface area contributed by atoms with Gasteiger partial charge in [0.15, 0.2) is 0 Å². The van der Waals surface area contributed by atoms with Crippen LogP contribution in [0.3, 0.4) is 0 Å². The average Bonchev–Trinajstić information content (AvgIpc) is 2.59. The van der Waals surface area contributed by atoms with E-state index in [0.29, 0.717) is 5.56 Å². The van der Waals surface area contributed by atoms with Crippen molar-refractivity contribution in [1.29, 1.82) is 0 Å². The van der Waals surface area contributed by atoms with Crippen LogP contribution in [0, 0.1) is 0 Å². The first-order chi connectivity index (χ1) is 7.01. The molecule has 0 spiro atoms. The fourth-order valence-electron chi connectivity index (χ4n) is 0.956. The molecule has 15 heavy (non-hydrogen) atoms. The number of halogens is 3. The van der Waals surface area contributed by atoms with Gasteiger partial charge in [0, 0.05) is 11.8 Å². The summed E-state index contributed by atoms with van der Waals surface area (Å²) in [7, 11) is 0. The maximum Gasteiger partial charge on any atom is 0.411 e. The molecule has 0 aliphatic rings. The Hall–Kier alpha value is -1.08. The van der Waals surface area contributed by atoms with E-state index in [2.05, 4.69) is 9.84 Å². The molecule has 1 N–H and O–H groups in total. The van der Waals surface area contributed by atoms with E-state index in [0.717, 1.165) is 0 Å². The van der Waals surface area contributed by atoms with Crippen LogP contribution in [0.2, 0.25) is 0 Å². The fraction of sp³-hybridized carbons (Fsp3) is 0.625. The molecular weight excluding hydrogens is 213 g/mol. The van der Waals surface area contributed by atoms with Gasteiger partial charge in [-0.1, -0.05) is 0 Å². The largest absolute Gasteiger partial charge is 0.411 e. The monoisotopic (exact) mass is 224 g/mol. The molecule has 86 valence electrons. The summed E-state index contributed by atoms with van der Waals surface area (Å²) < 4.78 is 40.8. The van der Waals surface area contributed by atoms with Crippen molar-refractivity contribution in [1.82, 2.24) is 9.78 Å². The molecule has 0 radical (unpaired) electrons. The van der Waals surface area contributed by atoms with Gasteiger partial charge in [0.25, 0.3) is 0 Å². The first-order valence-electron chi connectivity index (χ1n) is 4.28. The van der Waals surface area contributed by atoms with Crippen molar-refractivity contribution < 1.29 is 23.0 Å². The van der Waals surface area contributed by atoms with Gasteiger partial charge >= 0.3 is 6.18 Å². The van der Waals surface area contributed by atoms with Crippen LogP contribution in [0.15, 0.2) is 12.4 Å². The van der Waals surface area contributed by atoms with E-state index in [4.69, 9.17) is 5.11 Å². The summed E-state index contributed by atoms with van der Waals surface area (Å²) in [5.41, 5.74) is 0.617. The van der Waals surface area contributed by atoms with E-state index in [1.165, 1.54) is 10.9 Å². The zero-order chi connectivity index (χ0) is 11.3. The summed E-state index contributed by atoms with van der Waals surface area (Å²) in [6.45, 7) is -1.22. The van der Waals surface area contributed by atoms with Crippen LogP contribution in [-0.4, -0.2) is 34.3 Å². The van der Waals surface area contributed by atoms with E-state index in [9.17, 15) is 13.2 Å². The van der Waals surface area contributed by atoms with Gasteiger partial charge in [0.1, 0.15) is 6.61 Å². The lowest BCUT2D eigenvalue weighted by molar-refractivity contribution is -0.174. The molecule has 0 aliphatic heterocycles. The molecule has 0 aromatic carbocycles. The first kappa shape index (κ1) is 12.0. The van der Waals surface area contributed by atoms with Crippen LogP contribution in [0.25, 0.3) is 0 Å². The summed E-state index contributed by atoms with van der Waals surface area (Å²) in [5, 5.41) is 12.5. The molecule has 1 aromatic heterocycles. The van der Waals surface area contributed by atoms with Crippen LogP contribution in [0.1, 0.15) is 5.56 Å². The Labute approximate surface area is 84.3 Å². The molecule has 1 aromatic rings. The molecule has 7 heteroatoms. The zero-order valence-corrected chi connectivity index (χ0v) is 7.87. The van der Waals surface area contributed by atoms with Crippen molar-refractivity contribution in [3.63, 3.8) is 0 Å². The van der Waals surface area contributed by atoms with Crippen molar-refractivity contribution in [3.05, 3.63) is 18.0 Å². The smallest absolute Gasteiger partial charge is 0.392 e.